The van der Waals surface area contributed by atoms with Crippen molar-refractivity contribution in [2.24, 2.45) is 5.73 Å². The molecule has 88 valence electrons. The van der Waals surface area contributed by atoms with Gasteiger partial charge < -0.3 is 16.2 Å². The van der Waals surface area contributed by atoms with Gasteiger partial charge in [-0.15, -0.1) is 0 Å². The van der Waals surface area contributed by atoms with Crippen molar-refractivity contribution in [3.8, 4) is 0 Å². The minimum atomic E-state index is -4.50. The molecule has 0 heterocycles. The van der Waals surface area contributed by atoms with Crippen LogP contribution >= 0.6 is 0 Å². The summed E-state index contributed by atoms with van der Waals surface area (Å²) in [6.45, 7) is -1.47. The van der Waals surface area contributed by atoms with Crippen LogP contribution in [0, 0.1) is 0 Å². The Hall–Kier alpha value is -1.31. The Kier molecular flexibility index (Phi) is 5.06. The number of nitrogens with one attached hydrogen (secondary N) is 1. The van der Waals surface area contributed by atoms with E-state index in [-0.39, 0.29) is 12.8 Å². The predicted molar refractivity (Wildman–Crippen MR) is 43.9 cm³/mol. The molecule has 1 amide bonds. The lowest BCUT2D eigenvalue weighted by Crippen LogP contribution is -2.44. The molecule has 0 saturated heterocycles. The van der Waals surface area contributed by atoms with Crippen LogP contribution in [0.5, 0.6) is 0 Å². The van der Waals surface area contributed by atoms with Crippen molar-refractivity contribution in [2.75, 3.05) is 6.54 Å². The molecule has 0 spiro atoms. The third-order valence-electron chi connectivity index (χ3n) is 1.47. The number of halogens is 3. The molecule has 0 saturated carbocycles. The highest BCUT2D eigenvalue weighted by atomic mass is 19.4. The molecular formula is C7H11F3N2O3. The van der Waals surface area contributed by atoms with Gasteiger partial charge >= 0.3 is 12.1 Å². The van der Waals surface area contributed by atoms with Crippen molar-refractivity contribution in [3.05, 3.63) is 0 Å². The average molecular weight is 228 g/mol. The van der Waals surface area contributed by atoms with Gasteiger partial charge in [0.1, 0.15) is 6.54 Å². The Labute approximate surface area is 83.4 Å². The standard InChI is InChI=1S/C7H11F3N2O3/c8-7(9,10)3-12-6(15)4(11)1-2-5(13)14/h4H,1-3,11H2,(H,12,15)(H,13,14). The highest BCUT2D eigenvalue weighted by Gasteiger charge is 2.28. The van der Waals surface area contributed by atoms with Crippen molar-refractivity contribution < 1.29 is 27.9 Å². The second kappa shape index (κ2) is 5.54. The molecule has 1 unspecified atom stereocenters. The predicted octanol–water partition coefficient (Wildman–Crippen LogP) is -0.143. The molecule has 1 atom stereocenters. The highest BCUT2D eigenvalue weighted by Crippen LogP contribution is 2.12. The van der Waals surface area contributed by atoms with E-state index in [0.29, 0.717) is 0 Å². The smallest absolute Gasteiger partial charge is 0.405 e. The topological polar surface area (TPSA) is 92.4 Å². The van der Waals surface area contributed by atoms with Crippen LogP contribution in [0.1, 0.15) is 12.8 Å². The fourth-order valence-electron chi connectivity index (χ4n) is 0.729. The quantitative estimate of drug-likeness (QED) is 0.610. The lowest BCUT2D eigenvalue weighted by atomic mass is 10.1. The number of aliphatic carboxylic acids is 1. The van der Waals surface area contributed by atoms with E-state index in [0.717, 1.165) is 0 Å². The van der Waals surface area contributed by atoms with Crippen LogP contribution < -0.4 is 11.1 Å². The monoisotopic (exact) mass is 228 g/mol. The van der Waals surface area contributed by atoms with Gasteiger partial charge in [-0.25, -0.2) is 0 Å². The van der Waals surface area contributed by atoms with E-state index in [1.165, 1.54) is 0 Å². The molecule has 0 aromatic rings. The van der Waals surface area contributed by atoms with Gasteiger partial charge in [-0.05, 0) is 6.42 Å². The molecule has 0 aromatic heterocycles. The minimum absolute atomic E-state index is 0.195. The maximum atomic E-state index is 11.6. The summed E-state index contributed by atoms with van der Waals surface area (Å²) >= 11 is 0. The fourth-order valence-corrected chi connectivity index (χ4v) is 0.729. The van der Waals surface area contributed by atoms with Gasteiger partial charge in [0.25, 0.3) is 0 Å². The van der Waals surface area contributed by atoms with Crippen LogP contribution in [0.2, 0.25) is 0 Å². The molecule has 0 radical (unpaired) electrons. The van der Waals surface area contributed by atoms with Crippen LogP contribution in [0.15, 0.2) is 0 Å². The summed E-state index contributed by atoms with van der Waals surface area (Å²) in [7, 11) is 0. The van der Waals surface area contributed by atoms with Gasteiger partial charge in [-0.3, -0.25) is 9.59 Å². The first kappa shape index (κ1) is 13.7. The molecule has 0 fully saturated rings. The number of rotatable bonds is 5. The van der Waals surface area contributed by atoms with Crippen molar-refractivity contribution in [2.45, 2.75) is 25.1 Å². The van der Waals surface area contributed by atoms with E-state index in [2.05, 4.69) is 0 Å². The fraction of sp³-hybridized carbons (Fsp3) is 0.714. The van der Waals surface area contributed by atoms with E-state index in [9.17, 15) is 22.8 Å². The second-order valence-electron chi connectivity index (χ2n) is 2.87. The molecular weight excluding hydrogens is 217 g/mol. The largest absolute Gasteiger partial charge is 0.481 e. The number of carboxylic acids is 1. The maximum Gasteiger partial charge on any atom is 0.405 e. The number of hydrogen-bond donors (Lipinski definition) is 3. The molecule has 0 rings (SSSR count). The van der Waals surface area contributed by atoms with Gasteiger partial charge in [0.2, 0.25) is 5.91 Å². The zero-order valence-corrected chi connectivity index (χ0v) is 7.67. The van der Waals surface area contributed by atoms with E-state index < -0.39 is 30.6 Å². The molecule has 8 heteroatoms. The molecule has 0 aromatic carbocycles. The summed E-state index contributed by atoms with van der Waals surface area (Å²) < 4.78 is 34.9. The lowest BCUT2D eigenvalue weighted by Gasteiger charge is -2.12. The number of amides is 1. The number of hydrogen-bond acceptors (Lipinski definition) is 3. The Morgan fingerprint density at radius 3 is 2.33 bits per heavy atom. The first-order chi connectivity index (χ1) is 6.72. The van der Waals surface area contributed by atoms with Crippen molar-refractivity contribution in [3.63, 3.8) is 0 Å². The second-order valence-corrected chi connectivity index (χ2v) is 2.87. The summed E-state index contributed by atoms with van der Waals surface area (Å²) in [5, 5.41) is 9.80. The summed E-state index contributed by atoms with van der Waals surface area (Å²) in [5.74, 6) is -2.16. The third kappa shape index (κ3) is 7.74. The first-order valence-corrected chi connectivity index (χ1v) is 4.04. The zero-order chi connectivity index (χ0) is 12.1. The summed E-state index contributed by atoms with van der Waals surface area (Å²) in [5.41, 5.74) is 5.15. The first-order valence-electron chi connectivity index (χ1n) is 4.04. The van der Waals surface area contributed by atoms with E-state index in [4.69, 9.17) is 10.8 Å². The third-order valence-corrected chi connectivity index (χ3v) is 1.47. The Bertz CT molecular complexity index is 242. The average Bonchev–Trinajstić information content (AvgIpc) is 2.08. The number of alkyl halides is 3. The van der Waals surface area contributed by atoms with Crippen LogP contribution in [0.4, 0.5) is 13.2 Å². The van der Waals surface area contributed by atoms with Crippen molar-refractivity contribution in [1.82, 2.24) is 5.32 Å². The molecule has 0 aliphatic carbocycles. The maximum absolute atomic E-state index is 11.6. The van der Waals surface area contributed by atoms with Gasteiger partial charge in [0, 0.05) is 6.42 Å². The van der Waals surface area contributed by atoms with Gasteiger partial charge in [-0.2, -0.15) is 13.2 Å². The van der Waals surface area contributed by atoms with Gasteiger partial charge in [-0.1, -0.05) is 0 Å². The molecule has 0 aliphatic rings. The van der Waals surface area contributed by atoms with E-state index >= 15 is 0 Å². The molecule has 5 nitrogen and oxygen atoms in total. The molecule has 15 heavy (non-hydrogen) atoms. The number of carbonyl (C=O) groups is 2. The van der Waals surface area contributed by atoms with Gasteiger partial charge in [0.05, 0.1) is 6.04 Å². The Balaban J connectivity index is 3.84. The minimum Gasteiger partial charge on any atom is -0.481 e. The number of carbonyl (C=O) groups excluding carboxylic acids is 1. The molecule has 0 bridgehead atoms. The zero-order valence-electron chi connectivity index (χ0n) is 7.67. The SMILES string of the molecule is NC(CCC(=O)O)C(=O)NCC(F)(F)F. The van der Waals surface area contributed by atoms with Crippen LogP contribution in [0.3, 0.4) is 0 Å². The number of nitrogens with two attached hydrogens (primary N) is 1. The highest BCUT2D eigenvalue weighted by molar-refractivity contribution is 5.82. The Morgan fingerprint density at radius 2 is 1.93 bits per heavy atom. The van der Waals surface area contributed by atoms with E-state index in [1.807, 2.05) is 0 Å². The van der Waals surface area contributed by atoms with Crippen LogP contribution in [0.25, 0.3) is 0 Å². The summed E-state index contributed by atoms with van der Waals surface area (Å²) in [6.07, 6.45) is -5.05. The lowest BCUT2D eigenvalue weighted by molar-refractivity contribution is -0.140. The van der Waals surface area contributed by atoms with Crippen molar-refractivity contribution in [1.29, 1.82) is 0 Å². The Morgan fingerprint density at radius 1 is 1.40 bits per heavy atom. The normalized spacial score (nSPS) is 13.3. The van der Waals surface area contributed by atoms with Crippen molar-refractivity contribution >= 4 is 11.9 Å². The van der Waals surface area contributed by atoms with Gasteiger partial charge in [0.15, 0.2) is 0 Å². The van der Waals surface area contributed by atoms with Crippen LogP contribution in [-0.4, -0.2) is 35.7 Å². The summed E-state index contributed by atoms with van der Waals surface area (Å²) in [4.78, 5) is 20.9. The number of carboxylic acid groups (broad SMARTS) is 1. The van der Waals surface area contributed by atoms with E-state index in [1.54, 1.807) is 5.32 Å². The van der Waals surface area contributed by atoms with Crippen LogP contribution in [-0.2, 0) is 9.59 Å². The molecule has 4 N–H and O–H groups in total. The summed E-state index contributed by atoms with van der Waals surface area (Å²) in [6, 6.07) is -1.23. The molecule has 0 aliphatic heterocycles.